The van der Waals surface area contributed by atoms with Crippen LogP contribution in [-0.4, -0.2) is 29.0 Å². The van der Waals surface area contributed by atoms with Crippen molar-refractivity contribution in [3.8, 4) is 0 Å². The Labute approximate surface area is 90.5 Å². The second kappa shape index (κ2) is 5.85. The topological polar surface area (TPSA) is 66.5 Å². The van der Waals surface area contributed by atoms with Crippen molar-refractivity contribution in [2.75, 3.05) is 6.61 Å². The molecule has 0 amide bonds. The number of nitrogens with two attached hydrogens (primary N) is 1. The Morgan fingerprint density at radius 2 is 1.87 bits per heavy atom. The molecule has 0 fully saturated rings. The third-order valence-corrected chi connectivity index (χ3v) is 2.67. The number of hydrogen-bond acceptors (Lipinski definition) is 3. The third-order valence-electron chi connectivity index (χ3n) is 2.67. The van der Waals surface area contributed by atoms with Gasteiger partial charge >= 0.3 is 0 Å². The molecule has 3 heteroatoms. The number of hydrogen-bond donors (Lipinski definition) is 3. The lowest BCUT2D eigenvalue weighted by Crippen LogP contribution is -2.38. The highest BCUT2D eigenvalue weighted by Gasteiger charge is 2.17. The number of benzene rings is 1. The summed E-state index contributed by atoms with van der Waals surface area (Å²) < 4.78 is 0. The van der Waals surface area contributed by atoms with E-state index in [4.69, 9.17) is 10.8 Å². The zero-order chi connectivity index (χ0) is 11.3. The summed E-state index contributed by atoms with van der Waals surface area (Å²) in [6.45, 7) is 1.87. The predicted molar refractivity (Wildman–Crippen MR) is 60.5 cm³/mol. The molecule has 0 aliphatic heterocycles. The highest BCUT2D eigenvalue weighted by atomic mass is 16.3. The molecule has 1 aromatic carbocycles. The molecular formula is C12H19NO2. The summed E-state index contributed by atoms with van der Waals surface area (Å²) in [5.41, 5.74) is 6.72. The Kier molecular flexibility index (Phi) is 4.75. The van der Waals surface area contributed by atoms with E-state index in [1.165, 1.54) is 5.56 Å². The fourth-order valence-electron chi connectivity index (χ4n) is 1.58. The van der Waals surface area contributed by atoms with E-state index in [0.717, 1.165) is 0 Å². The second-order valence-electron chi connectivity index (χ2n) is 3.96. The van der Waals surface area contributed by atoms with Crippen molar-refractivity contribution in [3.05, 3.63) is 35.9 Å². The molecule has 0 saturated heterocycles. The molecule has 3 atom stereocenters. The van der Waals surface area contributed by atoms with Gasteiger partial charge in [0, 0.05) is 0 Å². The lowest BCUT2D eigenvalue weighted by Gasteiger charge is -2.20. The first kappa shape index (κ1) is 12.2. The van der Waals surface area contributed by atoms with Crippen molar-refractivity contribution in [3.63, 3.8) is 0 Å². The van der Waals surface area contributed by atoms with E-state index in [9.17, 15) is 5.11 Å². The minimum Gasteiger partial charge on any atom is -0.395 e. The maximum Gasteiger partial charge on any atom is 0.0719 e. The molecule has 3 nitrogen and oxygen atoms in total. The fraction of sp³-hybridized carbons (Fsp3) is 0.500. The fourth-order valence-corrected chi connectivity index (χ4v) is 1.58. The molecule has 0 bridgehead atoms. The summed E-state index contributed by atoms with van der Waals surface area (Å²) in [7, 11) is 0. The van der Waals surface area contributed by atoms with Gasteiger partial charge in [-0.2, -0.15) is 0 Å². The van der Waals surface area contributed by atoms with E-state index in [1.54, 1.807) is 0 Å². The molecule has 3 unspecified atom stereocenters. The molecule has 0 spiro atoms. The van der Waals surface area contributed by atoms with Crippen molar-refractivity contribution < 1.29 is 10.2 Å². The average molecular weight is 209 g/mol. The van der Waals surface area contributed by atoms with Gasteiger partial charge in [-0.1, -0.05) is 37.3 Å². The molecular weight excluding hydrogens is 190 g/mol. The van der Waals surface area contributed by atoms with Crippen LogP contribution < -0.4 is 5.73 Å². The van der Waals surface area contributed by atoms with Crippen LogP contribution in [0.2, 0.25) is 0 Å². The van der Waals surface area contributed by atoms with Gasteiger partial charge < -0.3 is 15.9 Å². The van der Waals surface area contributed by atoms with Gasteiger partial charge in [-0.15, -0.1) is 0 Å². The zero-order valence-corrected chi connectivity index (χ0v) is 9.00. The summed E-state index contributed by atoms with van der Waals surface area (Å²) in [4.78, 5) is 0. The molecule has 0 saturated carbocycles. The summed E-state index contributed by atoms with van der Waals surface area (Å²) in [5, 5.41) is 18.5. The lowest BCUT2D eigenvalue weighted by molar-refractivity contribution is 0.0965. The molecule has 0 heterocycles. The van der Waals surface area contributed by atoms with Gasteiger partial charge in [0.1, 0.15) is 0 Å². The first-order valence-electron chi connectivity index (χ1n) is 5.24. The van der Waals surface area contributed by atoms with E-state index < -0.39 is 12.1 Å². The first-order valence-corrected chi connectivity index (χ1v) is 5.24. The maximum absolute atomic E-state index is 9.66. The molecule has 0 aromatic heterocycles. The Bertz CT molecular complexity index is 276. The zero-order valence-electron chi connectivity index (χ0n) is 9.00. The smallest absolute Gasteiger partial charge is 0.0719 e. The van der Waals surface area contributed by atoms with Crippen LogP contribution in [0, 0.1) is 0 Å². The van der Waals surface area contributed by atoms with Crippen molar-refractivity contribution in [2.24, 2.45) is 5.73 Å². The van der Waals surface area contributed by atoms with E-state index in [0.29, 0.717) is 6.42 Å². The van der Waals surface area contributed by atoms with Gasteiger partial charge in [0.25, 0.3) is 0 Å². The van der Waals surface area contributed by atoms with Crippen LogP contribution in [0.15, 0.2) is 30.3 Å². The van der Waals surface area contributed by atoms with Crippen molar-refractivity contribution in [1.82, 2.24) is 0 Å². The van der Waals surface area contributed by atoms with Gasteiger partial charge in [-0.05, 0) is 17.9 Å². The normalized spacial score (nSPS) is 17.1. The van der Waals surface area contributed by atoms with Gasteiger partial charge in [0.05, 0.1) is 18.8 Å². The highest BCUT2D eigenvalue weighted by molar-refractivity contribution is 5.18. The van der Waals surface area contributed by atoms with Gasteiger partial charge in [-0.25, -0.2) is 0 Å². The lowest BCUT2D eigenvalue weighted by atomic mass is 9.93. The van der Waals surface area contributed by atoms with Gasteiger partial charge in [-0.3, -0.25) is 0 Å². The standard InChI is InChI=1S/C12H19NO2/c1-9(7-12(15)11(13)8-14)10-5-3-2-4-6-10/h2-6,9,11-12,14-15H,7-8,13H2,1H3. The van der Waals surface area contributed by atoms with Crippen LogP contribution in [-0.2, 0) is 0 Å². The molecule has 15 heavy (non-hydrogen) atoms. The van der Waals surface area contributed by atoms with Crippen LogP contribution in [0.3, 0.4) is 0 Å². The minimum absolute atomic E-state index is 0.178. The SMILES string of the molecule is CC(CC(O)C(N)CO)c1ccccc1. The Hall–Kier alpha value is -0.900. The Balaban J connectivity index is 2.52. The third kappa shape index (κ3) is 3.63. The number of rotatable bonds is 5. The van der Waals surface area contributed by atoms with E-state index >= 15 is 0 Å². The van der Waals surface area contributed by atoms with Crippen molar-refractivity contribution >= 4 is 0 Å². The molecule has 0 aliphatic rings. The average Bonchev–Trinajstić information content (AvgIpc) is 2.29. The van der Waals surface area contributed by atoms with Crippen molar-refractivity contribution in [2.45, 2.75) is 31.4 Å². The number of aliphatic hydroxyl groups excluding tert-OH is 2. The molecule has 4 N–H and O–H groups in total. The summed E-state index contributed by atoms with van der Waals surface area (Å²) in [6, 6.07) is 9.43. The van der Waals surface area contributed by atoms with Crippen molar-refractivity contribution in [1.29, 1.82) is 0 Å². The molecule has 1 rings (SSSR count). The maximum atomic E-state index is 9.66. The minimum atomic E-state index is -0.648. The van der Waals surface area contributed by atoms with E-state index in [2.05, 4.69) is 0 Å². The van der Waals surface area contributed by atoms with Crippen LogP contribution in [0.5, 0.6) is 0 Å². The molecule has 0 radical (unpaired) electrons. The van der Waals surface area contributed by atoms with Crippen LogP contribution in [0.4, 0.5) is 0 Å². The van der Waals surface area contributed by atoms with Gasteiger partial charge in [0.15, 0.2) is 0 Å². The predicted octanol–water partition coefficient (Wildman–Crippen LogP) is 0.861. The largest absolute Gasteiger partial charge is 0.395 e. The summed E-state index contributed by atoms with van der Waals surface area (Å²) >= 11 is 0. The summed E-state index contributed by atoms with van der Waals surface area (Å²) in [5.74, 6) is 0.249. The van der Waals surface area contributed by atoms with Gasteiger partial charge in [0.2, 0.25) is 0 Å². The quantitative estimate of drug-likeness (QED) is 0.674. The second-order valence-corrected chi connectivity index (χ2v) is 3.96. The Morgan fingerprint density at radius 1 is 1.27 bits per heavy atom. The van der Waals surface area contributed by atoms with Crippen LogP contribution >= 0.6 is 0 Å². The number of aliphatic hydroxyl groups is 2. The molecule has 84 valence electrons. The monoisotopic (exact) mass is 209 g/mol. The van der Waals surface area contributed by atoms with Crippen LogP contribution in [0.25, 0.3) is 0 Å². The Morgan fingerprint density at radius 3 is 2.40 bits per heavy atom. The van der Waals surface area contributed by atoms with Crippen LogP contribution in [0.1, 0.15) is 24.8 Å². The molecule has 1 aromatic rings. The summed E-state index contributed by atoms with van der Waals surface area (Å²) in [6.07, 6.45) is -0.0728. The first-order chi connectivity index (χ1) is 7.15. The highest BCUT2D eigenvalue weighted by Crippen LogP contribution is 2.20. The van der Waals surface area contributed by atoms with E-state index in [1.807, 2.05) is 37.3 Å². The molecule has 0 aliphatic carbocycles. The van der Waals surface area contributed by atoms with E-state index in [-0.39, 0.29) is 12.5 Å².